The lowest BCUT2D eigenvalue weighted by Crippen LogP contribution is -2.15. The molecule has 3 aromatic rings. The zero-order chi connectivity index (χ0) is 22.5. The second-order valence-electron chi connectivity index (χ2n) is 6.19. The number of nitrogens with zero attached hydrogens (tertiary/aromatic N) is 2. The number of hydrogen-bond acceptors (Lipinski definition) is 7. The summed E-state index contributed by atoms with van der Waals surface area (Å²) in [6.45, 7) is 1.78. The zero-order valence-electron chi connectivity index (χ0n) is 17.0. The summed E-state index contributed by atoms with van der Waals surface area (Å²) in [7, 11) is 2.37. The number of carbonyl (C=O) groups excluding carboxylic acids is 3. The van der Waals surface area contributed by atoms with Crippen molar-refractivity contribution in [3.05, 3.63) is 70.4 Å². The Morgan fingerprint density at radius 2 is 1.58 bits per heavy atom. The van der Waals surface area contributed by atoms with Gasteiger partial charge in [0.25, 0.3) is 0 Å². The van der Waals surface area contributed by atoms with E-state index in [0.29, 0.717) is 5.69 Å². The molecule has 0 saturated carbocycles. The van der Waals surface area contributed by atoms with Gasteiger partial charge in [0.1, 0.15) is 11.3 Å². The van der Waals surface area contributed by atoms with Gasteiger partial charge >= 0.3 is 17.9 Å². The van der Waals surface area contributed by atoms with Crippen LogP contribution < -0.4 is 0 Å². The summed E-state index contributed by atoms with van der Waals surface area (Å²) in [4.78, 5) is 38.0. The van der Waals surface area contributed by atoms with Gasteiger partial charge in [0.15, 0.2) is 5.69 Å². The summed E-state index contributed by atoms with van der Waals surface area (Å²) in [6.07, 6.45) is 0. The molecule has 0 spiro atoms. The number of para-hydroxylation sites is 1. The first-order valence-electron chi connectivity index (χ1n) is 9.25. The molecule has 0 aliphatic heterocycles. The normalized spacial score (nSPS) is 10.5. The summed E-state index contributed by atoms with van der Waals surface area (Å²) in [6, 6.07) is 13.4. The molecule has 0 saturated heterocycles. The molecule has 31 heavy (non-hydrogen) atoms. The van der Waals surface area contributed by atoms with Crippen LogP contribution in [0.4, 0.5) is 0 Å². The van der Waals surface area contributed by atoms with E-state index < -0.39 is 17.9 Å². The number of benzene rings is 2. The van der Waals surface area contributed by atoms with Gasteiger partial charge in [-0.25, -0.2) is 19.1 Å². The Morgan fingerprint density at radius 1 is 0.903 bits per heavy atom. The monoisotopic (exact) mass is 442 g/mol. The van der Waals surface area contributed by atoms with Crippen LogP contribution in [0.2, 0.25) is 5.02 Å². The highest BCUT2D eigenvalue weighted by Crippen LogP contribution is 2.34. The molecular formula is C22H19ClN2O6. The molecule has 1 aromatic heterocycles. The van der Waals surface area contributed by atoms with Crippen LogP contribution >= 0.6 is 11.6 Å². The number of ether oxygens (including phenoxy) is 3. The lowest BCUT2D eigenvalue weighted by atomic mass is 10.00. The summed E-state index contributed by atoms with van der Waals surface area (Å²) in [5.74, 6) is -2.32. The van der Waals surface area contributed by atoms with Crippen LogP contribution in [0.1, 0.15) is 38.1 Å². The molecule has 0 radical (unpaired) electrons. The Morgan fingerprint density at radius 3 is 2.19 bits per heavy atom. The number of esters is 3. The fourth-order valence-corrected chi connectivity index (χ4v) is 3.33. The average Bonchev–Trinajstić information content (AvgIpc) is 3.19. The molecule has 0 aliphatic carbocycles. The standard InChI is InChI=1S/C22H19ClN2O6/c1-4-31-21(27)16-14(11-8-12-15(16)23)18-17(20(26)29-2)19(22(28)30-3)25(24-18)13-9-6-5-7-10-13/h5-12H,4H2,1-3H3. The summed E-state index contributed by atoms with van der Waals surface area (Å²) < 4.78 is 16.2. The summed E-state index contributed by atoms with van der Waals surface area (Å²) in [5.41, 5.74) is 0.452. The van der Waals surface area contributed by atoms with E-state index in [1.54, 1.807) is 49.4 Å². The van der Waals surface area contributed by atoms with Crippen molar-refractivity contribution in [2.24, 2.45) is 0 Å². The first-order valence-corrected chi connectivity index (χ1v) is 9.63. The lowest BCUT2D eigenvalue weighted by Gasteiger charge is -2.10. The van der Waals surface area contributed by atoms with E-state index in [1.165, 1.54) is 25.0 Å². The SMILES string of the molecule is CCOC(=O)c1c(Cl)cccc1-c1nn(-c2ccccc2)c(C(=O)OC)c1C(=O)OC. The largest absolute Gasteiger partial charge is 0.465 e. The molecule has 0 bridgehead atoms. The Labute approximate surface area is 183 Å². The van der Waals surface area contributed by atoms with Crippen LogP contribution in [0.15, 0.2) is 48.5 Å². The predicted molar refractivity (Wildman–Crippen MR) is 113 cm³/mol. The van der Waals surface area contributed by atoms with Crippen LogP contribution in [-0.2, 0) is 14.2 Å². The van der Waals surface area contributed by atoms with Crippen molar-refractivity contribution in [2.45, 2.75) is 6.92 Å². The maximum absolute atomic E-state index is 12.8. The van der Waals surface area contributed by atoms with E-state index in [4.69, 9.17) is 25.8 Å². The fourth-order valence-electron chi connectivity index (χ4n) is 3.08. The average molecular weight is 443 g/mol. The first kappa shape index (κ1) is 22.0. The molecule has 3 rings (SSSR count). The highest BCUT2D eigenvalue weighted by Gasteiger charge is 2.33. The van der Waals surface area contributed by atoms with Gasteiger partial charge in [0.2, 0.25) is 0 Å². The fraction of sp³-hybridized carbons (Fsp3) is 0.182. The van der Waals surface area contributed by atoms with E-state index in [2.05, 4.69) is 5.10 Å². The van der Waals surface area contributed by atoms with E-state index in [1.807, 2.05) is 0 Å². The van der Waals surface area contributed by atoms with Crippen molar-refractivity contribution in [2.75, 3.05) is 20.8 Å². The third kappa shape index (κ3) is 4.15. The maximum atomic E-state index is 12.8. The molecule has 0 amide bonds. The summed E-state index contributed by atoms with van der Waals surface area (Å²) in [5, 5.41) is 4.59. The minimum absolute atomic E-state index is 0.0188. The Hall–Kier alpha value is -3.65. The predicted octanol–water partition coefficient (Wildman–Crippen LogP) is 3.94. The second-order valence-corrected chi connectivity index (χ2v) is 6.59. The van der Waals surface area contributed by atoms with Crippen LogP contribution in [0.25, 0.3) is 16.9 Å². The van der Waals surface area contributed by atoms with Gasteiger partial charge in [-0.3, -0.25) is 0 Å². The van der Waals surface area contributed by atoms with E-state index in [0.717, 1.165) is 0 Å². The number of halogens is 1. The van der Waals surface area contributed by atoms with Crippen molar-refractivity contribution in [3.63, 3.8) is 0 Å². The quantitative estimate of drug-likeness (QED) is 0.421. The molecule has 0 N–H and O–H groups in total. The van der Waals surface area contributed by atoms with Gasteiger partial charge in [-0.15, -0.1) is 0 Å². The Balaban J connectivity index is 2.41. The van der Waals surface area contributed by atoms with Gasteiger partial charge in [0, 0.05) is 5.56 Å². The van der Waals surface area contributed by atoms with Gasteiger partial charge in [-0.1, -0.05) is 41.9 Å². The van der Waals surface area contributed by atoms with Crippen LogP contribution in [-0.4, -0.2) is 48.5 Å². The van der Waals surface area contributed by atoms with E-state index in [9.17, 15) is 14.4 Å². The van der Waals surface area contributed by atoms with Crippen molar-refractivity contribution < 1.29 is 28.6 Å². The van der Waals surface area contributed by atoms with Crippen molar-refractivity contribution in [3.8, 4) is 16.9 Å². The van der Waals surface area contributed by atoms with Gasteiger partial charge in [-0.05, 0) is 25.1 Å². The topological polar surface area (TPSA) is 96.7 Å². The zero-order valence-corrected chi connectivity index (χ0v) is 17.8. The molecule has 0 aliphatic rings. The highest BCUT2D eigenvalue weighted by molar-refractivity contribution is 6.34. The van der Waals surface area contributed by atoms with Gasteiger partial charge in [0.05, 0.1) is 37.1 Å². The number of hydrogen-bond donors (Lipinski definition) is 0. The Kier molecular flexibility index (Phi) is 6.71. The molecular weight excluding hydrogens is 424 g/mol. The molecule has 160 valence electrons. The first-order chi connectivity index (χ1) is 14.9. The minimum atomic E-state index is -0.827. The molecule has 1 heterocycles. The highest BCUT2D eigenvalue weighted by atomic mass is 35.5. The molecule has 0 atom stereocenters. The van der Waals surface area contributed by atoms with Gasteiger partial charge in [-0.2, -0.15) is 5.10 Å². The van der Waals surface area contributed by atoms with Crippen molar-refractivity contribution in [1.29, 1.82) is 0 Å². The molecule has 0 fully saturated rings. The second kappa shape index (κ2) is 9.44. The molecule has 0 unspecified atom stereocenters. The van der Waals surface area contributed by atoms with Crippen LogP contribution in [0.3, 0.4) is 0 Å². The van der Waals surface area contributed by atoms with Crippen LogP contribution in [0, 0.1) is 0 Å². The van der Waals surface area contributed by atoms with Gasteiger partial charge < -0.3 is 14.2 Å². The van der Waals surface area contributed by atoms with Crippen LogP contribution in [0.5, 0.6) is 0 Å². The molecule has 2 aromatic carbocycles. The number of carbonyl (C=O) groups is 3. The van der Waals surface area contributed by atoms with E-state index >= 15 is 0 Å². The minimum Gasteiger partial charge on any atom is -0.465 e. The van der Waals surface area contributed by atoms with Crippen molar-refractivity contribution in [1.82, 2.24) is 9.78 Å². The molecule has 9 heteroatoms. The smallest absolute Gasteiger partial charge is 0.357 e. The number of methoxy groups -OCH3 is 2. The number of aromatic nitrogens is 2. The van der Waals surface area contributed by atoms with E-state index in [-0.39, 0.29) is 39.7 Å². The number of rotatable bonds is 6. The third-order valence-corrected chi connectivity index (χ3v) is 4.72. The third-order valence-electron chi connectivity index (χ3n) is 4.40. The summed E-state index contributed by atoms with van der Waals surface area (Å²) >= 11 is 6.29. The molecule has 8 nitrogen and oxygen atoms in total. The Bertz CT molecular complexity index is 1140. The van der Waals surface area contributed by atoms with Crippen molar-refractivity contribution >= 4 is 29.5 Å². The lowest BCUT2D eigenvalue weighted by molar-refractivity contribution is 0.0525. The maximum Gasteiger partial charge on any atom is 0.357 e.